The number of aromatic nitrogens is 4. The van der Waals surface area contributed by atoms with Crippen LogP contribution in [-0.2, 0) is 7.05 Å². The zero-order chi connectivity index (χ0) is 20.7. The van der Waals surface area contributed by atoms with Gasteiger partial charge >= 0.3 is 0 Å². The van der Waals surface area contributed by atoms with Gasteiger partial charge in [-0.3, -0.25) is 4.79 Å². The van der Waals surface area contributed by atoms with Gasteiger partial charge in [0.15, 0.2) is 0 Å². The van der Waals surface area contributed by atoms with Crippen molar-refractivity contribution in [3.63, 3.8) is 0 Å². The van der Waals surface area contributed by atoms with Crippen molar-refractivity contribution in [1.82, 2.24) is 19.1 Å². The fourth-order valence-electron chi connectivity index (χ4n) is 3.78. The molecule has 0 spiro atoms. The van der Waals surface area contributed by atoms with E-state index in [4.69, 9.17) is 11.6 Å². The first-order valence-electron chi connectivity index (χ1n) is 9.38. The number of fused-ring (bicyclic) bond motifs is 1. The normalized spacial score (nSPS) is 12.3. The van der Waals surface area contributed by atoms with Crippen molar-refractivity contribution in [3.8, 4) is 11.1 Å². The van der Waals surface area contributed by atoms with Crippen LogP contribution in [0.5, 0.6) is 0 Å². The van der Waals surface area contributed by atoms with Crippen LogP contribution in [0.2, 0.25) is 5.02 Å². The summed E-state index contributed by atoms with van der Waals surface area (Å²) in [6, 6.07) is 15.3. The Morgan fingerprint density at radius 3 is 2.73 bits per heavy atom. The average Bonchev–Trinajstić information content (AvgIpc) is 3.46. The van der Waals surface area contributed by atoms with Crippen molar-refractivity contribution in [2.75, 3.05) is 0 Å². The van der Waals surface area contributed by atoms with E-state index in [1.54, 1.807) is 41.5 Å². The van der Waals surface area contributed by atoms with Crippen molar-refractivity contribution in [3.05, 3.63) is 105 Å². The molecule has 0 bridgehead atoms. The Kier molecular flexibility index (Phi) is 4.73. The molecule has 30 heavy (non-hydrogen) atoms. The van der Waals surface area contributed by atoms with Crippen LogP contribution in [0.15, 0.2) is 83.6 Å². The van der Waals surface area contributed by atoms with Crippen LogP contribution in [-0.4, -0.2) is 19.1 Å². The summed E-state index contributed by atoms with van der Waals surface area (Å²) in [6.07, 6.45) is 7.32. The third-order valence-corrected chi connectivity index (χ3v) is 6.29. The van der Waals surface area contributed by atoms with E-state index in [1.807, 2.05) is 52.7 Å². The monoisotopic (exact) mass is 432 g/mol. The van der Waals surface area contributed by atoms with Crippen molar-refractivity contribution >= 4 is 33.8 Å². The Morgan fingerprint density at radius 2 is 2.00 bits per heavy atom. The number of aryl methyl sites for hydroxylation is 1. The number of rotatable bonds is 4. The van der Waals surface area contributed by atoms with Crippen molar-refractivity contribution in [2.24, 2.45) is 7.05 Å². The number of benzene rings is 2. The lowest BCUT2D eigenvalue weighted by atomic mass is 9.97. The molecule has 5 aromatic rings. The van der Waals surface area contributed by atoms with Gasteiger partial charge in [0.05, 0.1) is 11.8 Å². The SMILES string of the molecule is Cn1c(=O)cc(-c2cccc(Cl)c2)c2cc(C(c3nccs3)n3ccnc3)ccc21. The Morgan fingerprint density at radius 1 is 1.10 bits per heavy atom. The summed E-state index contributed by atoms with van der Waals surface area (Å²) < 4.78 is 3.71. The van der Waals surface area contributed by atoms with E-state index in [1.165, 1.54) is 0 Å². The van der Waals surface area contributed by atoms with Gasteiger partial charge in [0.1, 0.15) is 11.0 Å². The number of halogens is 1. The van der Waals surface area contributed by atoms with Gasteiger partial charge in [-0.1, -0.05) is 29.8 Å². The summed E-state index contributed by atoms with van der Waals surface area (Å²) in [7, 11) is 1.79. The van der Waals surface area contributed by atoms with Gasteiger partial charge in [0, 0.05) is 47.5 Å². The summed E-state index contributed by atoms with van der Waals surface area (Å²) in [5.41, 5.74) is 3.65. The van der Waals surface area contributed by atoms with E-state index >= 15 is 0 Å². The molecule has 148 valence electrons. The zero-order valence-electron chi connectivity index (χ0n) is 16.1. The van der Waals surface area contributed by atoms with Crippen LogP contribution in [0, 0.1) is 0 Å². The second-order valence-electron chi connectivity index (χ2n) is 7.02. The number of nitrogens with zero attached hydrogens (tertiary/aromatic N) is 4. The first-order valence-corrected chi connectivity index (χ1v) is 10.6. The predicted molar refractivity (Wildman–Crippen MR) is 121 cm³/mol. The van der Waals surface area contributed by atoms with Crippen molar-refractivity contribution < 1.29 is 0 Å². The number of imidazole rings is 1. The van der Waals surface area contributed by atoms with E-state index in [0.717, 1.165) is 32.6 Å². The number of hydrogen-bond acceptors (Lipinski definition) is 4. The molecular weight excluding hydrogens is 416 g/mol. The highest BCUT2D eigenvalue weighted by Crippen LogP contribution is 2.34. The number of hydrogen-bond donors (Lipinski definition) is 0. The summed E-state index contributed by atoms with van der Waals surface area (Å²) in [5, 5.41) is 4.57. The van der Waals surface area contributed by atoms with Crippen LogP contribution in [0.4, 0.5) is 0 Å². The summed E-state index contributed by atoms with van der Waals surface area (Å²) >= 11 is 7.84. The lowest BCUT2D eigenvalue weighted by Crippen LogP contribution is -2.17. The van der Waals surface area contributed by atoms with Crippen LogP contribution in [0.3, 0.4) is 0 Å². The second kappa shape index (κ2) is 7.55. The van der Waals surface area contributed by atoms with Gasteiger partial charge in [0.2, 0.25) is 0 Å². The molecule has 5 rings (SSSR count). The number of thiazole rings is 1. The van der Waals surface area contributed by atoms with Crippen molar-refractivity contribution in [1.29, 1.82) is 0 Å². The lowest BCUT2D eigenvalue weighted by molar-refractivity contribution is 0.672. The topological polar surface area (TPSA) is 52.7 Å². The number of pyridine rings is 1. The maximum Gasteiger partial charge on any atom is 0.251 e. The van der Waals surface area contributed by atoms with Crippen molar-refractivity contribution in [2.45, 2.75) is 6.04 Å². The molecular formula is C23H17ClN4OS. The van der Waals surface area contributed by atoms with Gasteiger partial charge in [-0.05, 0) is 41.0 Å². The molecule has 3 aromatic heterocycles. The van der Waals surface area contributed by atoms with Gasteiger partial charge < -0.3 is 9.13 Å². The molecule has 0 N–H and O–H groups in total. The van der Waals surface area contributed by atoms with E-state index in [0.29, 0.717) is 5.02 Å². The van der Waals surface area contributed by atoms with Crippen LogP contribution in [0.1, 0.15) is 16.6 Å². The molecule has 0 aliphatic heterocycles. The molecule has 3 heterocycles. The minimum atomic E-state index is -0.0960. The molecule has 2 aromatic carbocycles. The smallest absolute Gasteiger partial charge is 0.251 e. The van der Waals surface area contributed by atoms with Crippen LogP contribution >= 0.6 is 22.9 Å². The van der Waals surface area contributed by atoms with Gasteiger partial charge in [-0.15, -0.1) is 11.3 Å². The zero-order valence-corrected chi connectivity index (χ0v) is 17.6. The highest BCUT2D eigenvalue weighted by molar-refractivity contribution is 7.09. The van der Waals surface area contributed by atoms with Crippen LogP contribution < -0.4 is 5.56 Å². The minimum Gasteiger partial charge on any atom is -0.323 e. The van der Waals surface area contributed by atoms with E-state index in [-0.39, 0.29) is 11.6 Å². The first-order chi connectivity index (χ1) is 14.6. The third-order valence-electron chi connectivity index (χ3n) is 5.23. The van der Waals surface area contributed by atoms with Gasteiger partial charge in [-0.25, -0.2) is 9.97 Å². The molecule has 5 nitrogen and oxygen atoms in total. The van der Waals surface area contributed by atoms with E-state index in [2.05, 4.69) is 22.1 Å². The summed E-state index contributed by atoms with van der Waals surface area (Å²) in [6.45, 7) is 0. The fraction of sp³-hybridized carbons (Fsp3) is 0.0870. The molecule has 0 fully saturated rings. The third kappa shape index (κ3) is 3.24. The van der Waals surface area contributed by atoms with E-state index in [9.17, 15) is 4.79 Å². The molecule has 0 radical (unpaired) electrons. The Hall–Kier alpha value is -3.22. The molecule has 7 heteroatoms. The highest BCUT2D eigenvalue weighted by atomic mass is 35.5. The standard InChI is InChI=1S/C23H17ClN4OS/c1-27-20-6-5-16(22(23-26-8-10-30-23)28-9-7-25-14-28)12-19(20)18(13-21(27)29)15-3-2-4-17(24)11-15/h2-14,22H,1H3. The average molecular weight is 433 g/mol. The summed E-state index contributed by atoms with van der Waals surface area (Å²) in [5.74, 6) is 0. The van der Waals surface area contributed by atoms with Gasteiger partial charge in [-0.2, -0.15) is 0 Å². The predicted octanol–water partition coefficient (Wildman–Crippen LogP) is 5.15. The first kappa shape index (κ1) is 18.8. The molecule has 0 amide bonds. The van der Waals surface area contributed by atoms with E-state index < -0.39 is 0 Å². The molecule has 1 unspecified atom stereocenters. The molecule has 0 saturated heterocycles. The second-order valence-corrected chi connectivity index (χ2v) is 8.39. The molecule has 0 saturated carbocycles. The maximum absolute atomic E-state index is 12.6. The van der Waals surface area contributed by atoms with Gasteiger partial charge in [0.25, 0.3) is 5.56 Å². The lowest BCUT2D eigenvalue weighted by Gasteiger charge is -2.19. The Balaban J connectivity index is 1.78. The maximum atomic E-state index is 12.6. The quantitative estimate of drug-likeness (QED) is 0.394. The molecule has 0 aliphatic carbocycles. The molecule has 0 aliphatic rings. The minimum absolute atomic E-state index is 0.0590. The molecule has 1 atom stereocenters. The fourth-order valence-corrected chi connectivity index (χ4v) is 4.74. The largest absolute Gasteiger partial charge is 0.323 e. The Bertz CT molecular complexity index is 1360. The summed E-state index contributed by atoms with van der Waals surface area (Å²) in [4.78, 5) is 21.4. The highest BCUT2D eigenvalue weighted by Gasteiger charge is 2.20. The Labute approximate surface area is 181 Å². The van der Waals surface area contributed by atoms with Crippen LogP contribution in [0.25, 0.3) is 22.0 Å².